The molecule has 1 aromatic carbocycles. The van der Waals surface area contributed by atoms with Crippen molar-refractivity contribution in [3.8, 4) is 0 Å². The minimum Gasteiger partial charge on any atom is -0.394 e. The Labute approximate surface area is 305 Å². The van der Waals surface area contributed by atoms with Crippen LogP contribution >= 0.6 is 0 Å². The molecule has 14 nitrogen and oxygen atoms in total. The zero-order valence-electron chi connectivity index (χ0n) is 29.7. The number of carbonyl (C=O) groups excluding carboxylic acids is 2. The van der Waals surface area contributed by atoms with Crippen LogP contribution in [0.1, 0.15) is 22.6 Å². The number of aliphatic hydroxyl groups is 5. The first kappa shape index (κ1) is 41.9. The maximum Gasteiger partial charge on any atom is 0.238 e. The molecule has 0 aliphatic rings. The predicted octanol–water partition coefficient (Wildman–Crippen LogP) is 0.740. The number of nitrogens with one attached hydrogen (secondary N) is 1. The Morgan fingerprint density at radius 1 is 0.712 bits per heavy atom. The van der Waals surface area contributed by atoms with Gasteiger partial charge in [-0.3, -0.25) is 29.5 Å². The minimum absolute atomic E-state index is 0.106. The van der Waals surface area contributed by atoms with Gasteiger partial charge in [0.2, 0.25) is 5.91 Å². The van der Waals surface area contributed by atoms with Gasteiger partial charge in [0.25, 0.3) is 0 Å². The molecule has 280 valence electrons. The van der Waals surface area contributed by atoms with Gasteiger partial charge in [0.1, 0.15) is 24.6 Å². The molecule has 1 amide bonds. The van der Waals surface area contributed by atoms with E-state index in [2.05, 4.69) is 30.1 Å². The number of hydrogen-bond donors (Lipinski definition) is 6. The number of aliphatic hydroxyl groups excluding tert-OH is 5. The fraction of sp³-hybridized carbons (Fsp3) is 0.395. The van der Waals surface area contributed by atoms with Gasteiger partial charge < -0.3 is 40.5 Å². The highest BCUT2D eigenvalue weighted by molar-refractivity contribution is 5.92. The van der Waals surface area contributed by atoms with Gasteiger partial charge in [-0.25, -0.2) is 0 Å². The van der Waals surface area contributed by atoms with Crippen LogP contribution in [0.4, 0.5) is 5.69 Å². The van der Waals surface area contributed by atoms with E-state index >= 15 is 0 Å². The van der Waals surface area contributed by atoms with Crippen molar-refractivity contribution >= 4 is 17.9 Å². The van der Waals surface area contributed by atoms with Crippen molar-refractivity contribution < 1.29 is 35.1 Å². The van der Waals surface area contributed by atoms with Gasteiger partial charge in [-0.05, 0) is 68.2 Å². The molecule has 0 saturated heterocycles. The maximum absolute atomic E-state index is 13.0. The van der Waals surface area contributed by atoms with E-state index in [9.17, 15) is 24.9 Å². The standard InChI is InChI=1S/C30H32N6O2.C8H19NO5/c37-20-14-25-10-12-26(13-11-25)34-30(38)24-36(23-29-9-3-6-17-33-29)19-18-35(21-27-7-1-4-15-31-27)22-28-8-2-5-16-32-28;1-9(2)3-5(11)7(13)8(14)6(12)4-10/h1-13,15-17,20H,14,18-19,21-24H2,(H,34,38);5-8,10-14H,3-4H2,1-2H3. The highest BCUT2D eigenvalue weighted by atomic mass is 16.4. The van der Waals surface area contributed by atoms with Crippen molar-refractivity contribution in [2.24, 2.45) is 0 Å². The zero-order valence-corrected chi connectivity index (χ0v) is 29.7. The van der Waals surface area contributed by atoms with Crippen LogP contribution in [0, 0.1) is 0 Å². The van der Waals surface area contributed by atoms with Crippen LogP contribution in [-0.2, 0) is 35.6 Å². The second-order valence-electron chi connectivity index (χ2n) is 12.6. The molecule has 0 aliphatic heterocycles. The van der Waals surface area contributed by atoms with E-state index in [0.717, 1.165) is 28.9 Å². The van der Waals surface area contributed by atoms with Crippen molar-refractivity contribution in [1.29, 1.82) is 0 Å². The Morgan fingerprint density at radius 2 is 1.19 bits per heavy atom. The third-order valence-electron chi connectivity index (χ3n) is 7.87. The predicted molar refractivity (Wildman–Crippen MR) is 197 cm³/mol. The lowest BCUT2D eigenvalue weighted by molar-refractivity contribution is -0.117. The number of anilines is 1. The Hall–Kier alpha value is -4.51. The van der Waals surface area contributed by atoms with Gasteiger partial charge >= 0.3 is 0 Å². The van der Waals surface area contributed by atoms with Crippen LogP contribution in [-0.4, -0.2) is 139 Å². The van der Waals surface area contributed by atoms with E-state index in [4.69, 9.17) is 10.2 Å². The summed E-state index contributed by atoms with van der Waals surface area (Å²) in [5.74, 6) is -0.106. The molecule has 4 aromatic rings. The number of aldehydes is 1. The number of carbonyl (C=O) groups is 2. The molecule has 6 N–H and O–H groups in total. The van der Waals surface area contributed by atoms with Crippen LogP contribution in [0.3, 0.4) is 0 Å². The van der Waals surface area contributed by atoms with E-state index < -0.39 is 31.0 Å². The quantitative estimate of drug-likeness (QED) is 0.0702. The van der Waals surface area contributed by atoms with Crippen LogP contribution in [0.25, 0.3) is 0 Å². The summed E-state index contributed by atoms with van der Waals surface area (Å²) in [6.07, 6.45) is 0.975. The Morgan fingerprint density at radius 3 is 1.63 bits per heavy atom. The Balaban J connectivity index is 0.000000442. The lowest BCUT2D eigenvalue weighted by Crippen LogP contribution is -2.48. The lowest BCUT2D eigenvalue weighted by Gasteiger charge is -2.27. The molecule has 0 saturated carbocycles. The van der Waals surface area contributed by atoms with E-state index in [0.29, 0.717) is 44.8 Å². The third-order valence-corrected chi connectivity index (χ3v) is 7.87. The average Bonchev–Trinajstić information content (AvgIpc) is 3.15. The first-order chi connectivity index (χ1) is 25.1. The molecule has 0 aliphatic carbocycles. The monoisotopic (exact) mass is 717 g/mol. The van der Waals surface area contributed by atoms with Gasteiger partial charge in [-0.1, -0.05) is 30.3 Å². The molecule has 4 rings (SSSR count). The van der Waals surface area contributed by atoms with E-state index in [1.807, 2.05) is 78.9 Å². The molecule has 52 heavy (non-hydrogen) atoms. The van der Waals surface area contributed by atoms with Crippen LogP contribution < -0.4 is 5.32 Å². The zero-order chi connectivity index (χ0) is 37.7. The summed E-state index contributed by atoms with van der Waals surface area (Å²) in [7, 11) is 3.40. The fourth-order valence-electron chi connectivity index (χ4n) is 5.14. The highest BCUT2D eigenvalue weighted by Gasteiger charge is 2.30. The molecule has 0 spiro atoms. The number of likely N-dealkylation sites (N-methyl/N-ethyl adjacent to an activating group) is 1. The number of hydrogen-bond acceptors (Lipinski definition) is 13. The normalized spacial score (nSPS) is 13.6. The Bertz CT molecular complexity index is 1510. The average molecular weight is 718 g/mol. The number of nitrogens with zero attached hydrogens (tertiary/aromatic N) is 6. The largest absolute Gasteiger partial charge is 0.394 e. The molecule has 14 heteroatoms. The summed E-state index contributed by atoms with van der Waals surface area (Å²) in [4.78, 5) is 43.2. The Kier molecular flexibility index (Phi) is 18.6. The molecule has 3 aromatic heterocycles. The van der Waals surface area contributed by atoms with Crippen LogP contribution in [0.15, 0.2) is 97.5 Å². The van der Waals surface area contributed by atoms with Crippen LogP contribution in [0.2, 0.25) is 0 Å². The highest BCUT2D eigenvalue weighted by Crippen LogP contribution is 2.12. The van der Waals surface area contributed by atoms with Crippen molar-refractivity contribution in [2.45, 2.75) is 50.5 Å². The topological polar surface area (TPSA) is 196 Å². The van der Waals surface area contributed by atoms with Crippen LogP contribution in [0.5, 0.6) is 0 Å². The summed E-state index contributed by atoms with van der Waals surface area (Å²) >= 11 is 0. The fourth-order valence-corrected chi connectivity index (χ4v) is 5.14. The molecule has 0 fully saturated rings. The molecule has 4 atom stereocenters. The summed E-state index contributed by atoms with van der Waals surface area (Å²) in [6, 6.07) is 25.0. The molecular formula is C38H51N7O7. The van der Waals surface area contributed by atoms with Gasteiger partial charge in [-0.2, -0.15) is 0 Å². The van der Waals surface area contributed by atoms with E-state index in [1.165, 1.54) is 0 Å². The summed E-state index contributed by atoms with van der Waals surface area (Å²) in [6.45, 7) is 2.99. The third kappa shape index (κ3) is 15.8. The molecule has 0 bridgehead atoms. The van der Waals surface area contributed by atoms with Crippen molar-refractivity contribution in [2.75, 3.05) is 52.2 Å². The van der Waals surface area contributed by atoms with Gasteiger partial charge in [-0.15, -0.1) is 0 Å². The van der Waals surface area contributed by atoms with Gasteiger partial charge in [0, 0.05) is 70.0 Å². The lowest BCUT2D eigenvalue weighted by atomic mass is 10.0. The first-order valence-electron chi connectivity index (χ1n) is 17.0. The summed E-state index contributed by atoms with van der Waals surface area (Å²) in [5, 5.41) is 48.4. The van der Waals surface area contributed by atoms with E-state index in [1.54, 1.807) is 37.6 Å². The molecular weight excluding hydrogens is 666 g/mol. The summed E-state index contributed by atoms with van der Waals surface area (Å²) < 4.78 is 0. The smallest absolute Gasteiger partial charge is 0.238 e. The number of rotatable bonds is 20. The first-order valence-corrected chi connectivity index (χ1v) is 17.0. The molecule has 4 unspecified atom stereocenters. The second kappa shape index (κ2) is 23.1. The minimum atomic E-state index is -1.55. The second-order valence-corrected chi connectivity index (χ2v) is 12.6. The van der Waals surface area contributed by atoms with Gasteiger partial charge in [0.05, 0.1) is 36.3 Å². The van der Waals surface area contributed by atoms with Gasteiger partial charge in [0.15, 0.2) is 0 Å². The number of benzene rings is 1. The number of aromatic nitrogens is 3. The maximum atomic E-state index is 13.0. The van der Waals surface area contributed by atoms with Crippen molar-refractivity contribution in [1.82, 2.24) is 29.7 Å². The molecule has 0 radical (unpaired) electrons. The van der Waals surface area contributed by atoms with E-state index in [-0.39, 0.29) is 19.0 Å². The summed E-state index contributed by atoms with van der Waals surface area (Å²) in [5.41, 5.74) is 4.48. The number of amides is 1. The molecule has 3 heterocycles. The van der Waals surface area contributed by atoms with Crippen molar-refractivity contribution in [3.63, 3.8) is 0 Å². The SMILES string of the molecule is CN(C)CC(O)C(O)C(O)C(O)CO.O=CCc1ccc(NC(=O)CN(CCN(Cc2ccccn2)Cc2ccccn2)Cc2ccccn2)cc1. The number of pyridine rings is 3. The van der Waals surface area contributed by atoms with Crippen molar-refractivity contribution in [3.05, 3.63) is 120 Å².